The van der Waals surface area contributed by atoms with Crippen LogP contribution in [0.15, 0.2) is 0 Å². The van der Waals surface area contributed by atoms with Crippen LogP contribution in [0.1, 0.15) is 38.5 Å². The third-order valence-electron chi connectivity index (χ3n) is 6.09. The van der Waals surface area contributed by atoms with Crippen molar-refractivity contribution in [2.45, 2.75) is 99.9 Å². The third-order valence-corrected chi connectivity index (χ3v) is 8.67. The zero-order chi connectivity index (χ0) is 26.5. The molecule has 0 saturated carbocycles. The molecule has 0 radical (unpaired) electrons. The van der Waals surface area contributed by atoms with Gasteiger partial charge in [0.1, 0.15) is 48.8 Å². The van der Waals surface area contributed by atoms with Gasteiger partial charge in [-0.1, -0.05) is 34.4 Å². The standard InChI is InChI=1S/C22H42O12S2/c23-11-13-15(25)17(27)19(29)21(33-13)31-7-3-1-5-9-35-36-10-6-2-4-8-32-22-20(30)18(28)16(26)14(12-24)34-22/h13-30H,1-12H2/t13-,14-,15-,16-,17+,18+,19+,20+,21+,22+/m1/s1. The van der Waals surface area contributed by atoms with E-state index in [0.29, 0.717) is 13.2 Å². The average Bonchev–Trinajstić information content (AvgIpc) is 2.88. The van der Waals surface area contributed by atoms with Crippen LogP contribution in [0.3, 0.4) is 0 Å². The monoisotopic (exact) mass is 562 g/mol. The van der Waals surface area contributed by atoms with Crippen LogP contribution in [0.4, 0.5) is 0 Å². The fraction of sp³-hybridized carbons (Fsp3) is 1.00. The molecule has 0 amide bonds. The van der Waals surface area contributed by atoms with Crippen molar-refractivity contribution in [3.63, 3.8) is 0 Å². The molecule has 0 unspecified atom stereocenters. The maximum atomic E-state index is 9.92. The first kappa shape index (κ1) is 32.4. The van der Waals surface area contributed by atoms with E-state index < -0.39 is 74.6 Å². The van der Waals surface area contributed by atoms with E-state index in [1.54, 1.807) is 21.6 Å². The molecule has 36 heavy (non-hydrogen) atoms. The first-order valence-corrected chi connectivity index (χ1v) is 14.9. The van der Waals surface area contributed by atoms with Gasteiger partial charge in [-0.25, -0.2) is 0 Å². The van der Waals surface area contributed by atoms with Crippen molar-refractivity contribution in [3.05, 3.63) is 0 Å². The lowest BCUT2D eigenvalue weighted by molar-refractivity contribution is -0.301. The zero-order valence-corrected chi connectivity index (χ0v) is 21.9. The number of hydrogen-bond acceptors (Lipinski definition) is 14. The molecule has 214 valence electrons. The number of rotatable bonds is 17. The second kappa shape index (κ2) is 17.7. The Hall–Kier alpha value is 0.220. The molecular formula is C22H42O12S2. The molecule has 2 aliphatic heterocycles. The summed E-state index contributed by atoms with van der Waals surface area (Å²) >= 11 is 0. The van der Waals surface area contributed by atoms with Crippen molar-refractivity contribution in [2.75, 3.05) is 37.9 Å². The van der Waals surface area contributed by atoms with Gasteiger partial charge < -0.3 is 59.8 Å². The van der Waals surface area contributed by atoms with E-state index in [1.165, 1.54) is 0 Å². The highest BCUT2D eigenvalue weighted by Crippen LogP contribution is 2.26. The van der Waals surface area contributed by atoms with Crippen LogP contribution in [0.5, 0.6) is 0 Å². The van der Waals surface area contributed by atoms with Gasteiger partial charge >= 0.3 is 0 Å². The maximum absolute atomic E-state index is 9.92. The van der Waals surface area contributed by atoms with Crippen LogP contribution >= 0.6 is 21.6 Å². The van der Waals surface area contributed by atoms with Crippen LogP contribution in [0.2, 0.25) is 0 Å². The third kappa shape index (κ3) is 10.1. The minimum absolute atomic E-state index is 0.339. The highest BCUT2D eigenvalue weighted by atomic mass is 33.1. The fourth-order valence-electron chi connectivity index (χ4n) is 3.81. The fourth-order valence-corrected chi connectivity index (χ4v) is 6.10. The zero-order valence-electron chi connectivity index (χ0n) is 20.3. The normalized spacial score (nSPS) is 37.3. The number of unbranched alkanes of at least 4 members (excludes halogenated alkanes) is 4. The Balaban J connectivity index is 1.39. The topological polar surface area (TPSA) is 199 Å². The Morgan fingerprint density at radius 3 is 1.25 bits per heavy atom. The van der Waals surface area contributed by atoms with Crippen LogP contribution < -0.4 is 0 Å². The summed E-state index contributed by atoms with van der Waals surface area (Å²) in [6.07, 6.45) is -7.05. The van der Waals surface area contributed by atoms with Gasteiger partial charge in [0.25, 0.3) is 0 Å². The quantitative estimate of drug-likeness (QED) is 0.0740. The van der Waals surface area contributed by atoms with E-state index in [-0.39, 0.29) is 0 Å². The lowest BCUT2D eigenvalue weighted by atomic mass is 9.99. The average molecular weight is 563 g/mol. The molecule has 12 nitrogen and oxygen atoms in total. The van der Waals surface area contributed by atoms with E-state index >= 15 is 0 Å². The molecule has 10 atom stereocenters. The molecule has 0 aromatic heterocycles. The predicted molar refractivity (Wildman–Crippen MR) is 132 cm³/mol. The number of hydrogen-bond donors (Lipinski definition) is 8. The molecule has 0 bridgehead atoms. The summed E-state index contributed by atoms with van der Waals surface area (Å²) in [5.41, 5.74) is 0. The lowest BCUT2D eigenvalue weighted by Crippen LogP contribution is -2.59. The summed E-state index contributed by atoms with van der Waals surface area (Å²) < 4.78 is 21.5. The van der Waals surface area contributed by atoms with Crippen LogP contribution in [-0.4, -0.2) is 140 Å². The Morgan fingerprint density at radius 2 is 0.889 bits per heavy atom. The van der Waals surface area contributed by atoms with Crippen molar-refractivity contribution < 1.29 is 59.8 Å². The van der Waals surface area contributed by atoms with Gasteiger partial charge in [0.05, 0.1) is 13.2 Å². The molecule has 8 N–H and O–H groups in total. The summed E-state index contributed by atoms with van der Waals surface area (Å²) in [7, 11) is 3.59. The van der Waals surface area contributed by atoms with Gasteiger partial charge in [-0.2, -0.15) is 0 Å². The van der Waals surface area contributed by atoms with Crippen LogP contribution in [0.25, 0.3) is 0 Å². The van der Waals surface area contributed by atoms with Gasteiger partial charge in [0.2, 0.25) is 0 Å². The summed E-state index contributed by atoms with van der Waals surface area (Å²) in [6.45, 7) is -0.275. The van der Waals surface area contributed by atoms with Crippen molar-refractivity contribution in [2.24, 2.45) is 0 Å². The molecule has 0 spiro atoms. The Bertz CT molecular complexity index is 527. The van der Waals surface area contributed by atoms with E-state index in [9.17, 15) is 40.9 Å². The number of aliphatic hydroxyl groups excluding tert-OH is 8. The summed E-state index contributed by atoms with van der Waals surface area (Å²) in [5, 5.41) is 77.2. The highest BCUT2D eigenvalue weighted by Gasteiger charge is 2.44. The smallest absolute Gasteiger partial charge is 0.186 e. The second-order valence-electron chi connectivity index (χ2n) is 8.90. The van der Waals surface area contributed by atoms with E-state index in [1.807, 2.05) is 0 Å². The van der Waals surface area contributed by atoms with Gasteiger partial charge in [-0.15, -0.1) is 0 Å². The summed E-state index contributed by atoms with van der Waals surface area (Å²) in [4.78, 5) is 0. The largest absolute Gasteiger partial charge is 0.394 e. The van der Waals surface area contributed by atoms with E-state index in [2.05, 4.69) is 0 Å². The Labute approximate surface area is 219 Å². The Morgan fingerprint density at radius 1 is 0.500 bits per heavy atom. The van der Waals surface area contributed by atoms with Crippen LogP contribution in [-0.2, 0) is 18.9 Å². The minimum atomic E-state index is -1.43. The van der Waals surface area contributed by atoms with Crippen molar-refractivity contribution >= 4 is 21.6 Å². The molecule has 2 saturated heterocycles. The lowest BCUT2D eigenvalue weighted by Gasteiger charge is -2.39. The molecule has 0 aromatic rings. The second-order valence-corrected chi connectivity index (χ2v) is 11.6. The van der Waals surface area contributed by atoms with Gasteiger partial charge in [-0.3, -0.25) is 0 Å². The van der Waals surface area contributed by atoms with Crippen molar-refractivity contribution in [3.8, 4) is 0 Å². The first-order valence-electron chi connectivity index (χ1n) is 12.4. The number of ether oxygens (including phenoxy) is 4. The predicted octanol–water partition coefficient (Wildman–Crippen LogP) is -1.66. The molecule has 2 rings (SSSR count). The molecule has 0 aromatic carbocycles. The summed E-state index contributed by atoms with van der Waals surface area (Å²) in [5.74, 6) is 1.98. The van der Waals surface area contributed by atoms with Crippen molar-refractivity contribution in [1.29, 1.82) is 0 Å². The molecule has 2 fully saturated rings. The molecular weight excluding hydrogens is 520 g/mol. The molecule has 0 aliphatic carbocycles. The van der Waals surface area contributed by atoms with Crippen molar-refractivity contribution in [1.82, 2.24) is 0 Å². The Kier molecular flexibility index (Phi) is 16.0. The highest BCUT2D eigenvalue weighted by molar-refractivity contribution is 8.76. The molecule has 14 heteroatoms. The van der Waals surface area contributed by atoms with E-state index in [0.717, 1.165) is 50.0 Å². The summed E-state index contributed by atoms with van der Waals surface area (Å²) in [6, 6.07) is 0. The number of aliphatic hydroxyl groups is 8. The molecule has 2 heterocycles. The van der Waals surface area contributed by atoms with E-state index in [4.69, 9.17) is 18.9 Å². The first-order chi connectivity index (χ1) is 17.3. The van der Waals surface area contributed by atoms with Gasteiger partial charge in [-0.05, 0) is 25.7 Å². The van der Waals surface area contributed by atoms with Gasteiger partial charge in [0.15, 0.2) is 12.6 Å². The SMILES string of the molecule is OC[C@H]1O[C@H](OCCCCCSSCCCCCO[C@H]2O[C@H](CO)[C@@H](O)[C@H](O)[C@@H]2O)[C@@H](O)[C@@H](O)[C@@H]1O. The maximum Gasteiger partial charge on any atom is 0.186 e. The minimum Gasteiger partial charge on any atom is -0.394 e. The van der Waals surface area contributed by atoms with Crippen LogP contribution in [0, 0.1) is 0 Å². The molecule has 2 aliphatic rings. The van der Waals surface area contributed by atoms with Gasteiger partial charge in [0, 0.05) is 24.7 Å².